The Kier molecular flexibility index (Phi) is 6.16. The molecule has 0 radical (unpaired) electrons. The number of allylic oxidation sites excluding steroid dienone is 2. The Hall–Kier alpha value is -3.45. The van der Waals surface area contributed by atoms with Crippen molar-refractivity contribution in [3.8, 4) is 5.75 Å². The van der Waals surface area contributed by atoms with Crippen molar-refractivity contribution in [3.05, 3.63) is 70.8 Å². The second-order valence-corrected chi connectivity index (χ2v) is 12.9. The first-order valence-corrected chi connectivity index (χ1v) is 15.1. The number of phenols is 1. The van der Waals surface area contributed by atoms with Gasteiger partial charge in [-0.15, -0.1) is 0 Å². The summed E-state index contributed by atoms with van der Waals surface area (Å²) >= 11 is 6.75. The molecule has 41 heavy (non-hydrogen) atoms. The molecule has 6 unspecified atom stereocenters. The van der Waals surface area contributed by atoms with Gasteiger partial charge in [0, 0.05) is 17.0 Å². The Morgan fingerprint density at radius 1 is 0.902 bits per heavy atom. The maximum absolute atomic E-state index is 14.4. The number of likely N-dealkylation sites (tertiary alicyclic amines) is 1. The number of carbonyl (C=O) groups is 4. The summed E-state index contributed by atoms with van der Waals surface area (Å²) in [5, 5.41) is 10.4. The van der Waals surface area contributed by atoms with E-state index in [2.05, 4.69) is 0 Å². The molecule has 0 aromatic heterocycles. The number of aromatic hydroxyl groups is 1. The summed E-state index contributed by atoms with van der Waals surface area (Å²) in [4.78, 5) is 59.2. The molecule has 2 saturated heterocycles. The summed E-state index contributed by atoms with van der Waals surface area (Å²) in [6.07, 6.45) is 7.61. The second-order valence-electron chi connectivity index (χ2n) is 12.5. The fraction of sp³-hybridized carbons (Fsp3) is 0.455. The molecule has 2 heterocycles. The van der Waals surface area contributed by atoms with Gasteiger partial charge >= 0.3 is 0 Å². The van der Waals surface area contributed by atoms with Crippen molar-refractivity contribution in [1.29, 1.82) is 0 Å². The molecule has 0 bridgehead atoms. The molecule has 2 saturated carbocycles. The van der Waals surface area contributed by atoms with Gasteiger partial charge in [0.15, 0.2) is 0 Å². The number of fused-ring (bicyclic) bond motifs is 4. The lowest BCUT2D eigenvalue weighted by molar-refractivity contribution is -0.144. The summed E-state index contributed by atoms with van der Waals surface area (Å²) in [6, 6.07) is 13.6. The fourth-order valence-electron chi connectivity index (χ4n) is 8.66. The van der Waals surface area contributed by atoms with Gasteiger partial charge in [-0.25, -0.2) is 4.90 Å². The van der Waals surface area contributed by atoms with E-state index in [4.69, 9.17) is 11.6 Å². The van der Waals surface area contributed by atoms with Crippen molar-refractivity contribution < 1.29 is 24.3 Å². The Bertz CT molecular complexity index is 1500. The zero-order chi connectivity index (χ0) is 28.6. The van der Waals surface area contributed by atoms with Crippen LogP contribution in [-0.4, -0.2) is 39.7 Å². The number of phenolic OH excluding ortho intramolecular Hbond substituents is 1. The molecule has 4 fully saturated rings. The third kappa shape index (κ3) is 3.70. The molecule has 4 amide bonds. The Morgan fingerprint density at radius 2 is 1.63 bits per heavy atom. The van der Waals surface area contributed by atoms with Gasteiger partial charge in [-0.05, 0) is 68.4 Å². The lowest BCUT2D eigenvalue weighted by atomic mass is 9.51. The molecule has 2 aromatic rings. The number of nitrogens with zero attached hydrogens (tertiary/aromatic N) is 2. The summed E-state index contributed by atoms with van der Waals surface area (Å²) in [6.45, 7) is 1.84. The van der Waals surface area contributed by atoms with Gasteiger partial charge < -0.3 is 5.11 Å². The molecule has 2 aliphatic heterocycles. The van der Waals surface area contributed by atoms with Gasteiger partial charge in [0.25, 0.3) is 0 Å². The molecule has 5 aliphatic rings. The van der Waals surface area contributed by atoms with Gasteiger partial charge in [0.2, 0.25) is 23.6 Å². The molecule has 2 aromatic carbocycles. The number of hydrogen-bond acceptors (Lipinski definition) is 5. The Balaban J connectivity index is 1.36. The number of hydrogen-bond donors (Lipinski definition) is 1. The maximum Gasteiger partial charge on any atom is 0.241 e. The first-order valence-electron chi connectivity index (χ1n) is 14.7. The molecule has 212 valence electrons. The average molecular weight is 573 g/mol. The number of benzene rings is 2. The Morgan fingerprint density at radius 3 is 2.34 bits per heavy atom. The predicted octanol–water partition coefficient (Wildman–Crippen LogP) is 5.61. The number of amides is 4. The van der Waals surface area contributed by atoms with Gasteiger partial charge in [-0.3, -0.25) is 24.1 Å². The van der Waals surface area contributed by atoms with E-state index in [1.54, 1.807) is 41.3 Å². The van der Waals surface area contributed by atoms with Crippen LogP contribution in [0.1, 0.15) is 63.4 Å². The van der Waals surface area contributed by atoms with Gasteiger partial charge in [-0.1, -0.05) is 66.8 Å². The third-order valence-corrected chi connectivity index (χ3v) is 10.9. The van der Waals surface area contributed by atoms with Crippen LogP contribution in [0.4, 0.5) is 5.69 Å². The van der Waals surface area contributed by atoms with Crippen molar-refractivity contribution >= 4 is 40.9 Å². The van der Waals surface area contributed by atoms with Crippen molar-refractivity contribution in [2.75, 3.05) is 4.90 Å². The first-order chi connectivity index (χ1) is 19.7. The van der Waals surface area contributed by atoms with Crippen LogP contribution in [0.25, 0.3) is 0 Å². The van der Waals surface area contributed by atoms with E-state index >= 15 is 0 Å². The number of halogens is 1. The average Bonchev–Trinajstić information content (AvgIpc) is 3.34. The van der Waals surface area contributed by atoms with Crippen molar-refractivity contribution in [1.82, 2.24) is 4.90 Å². The summed E-state index contributed by atoms with van der Waals surface area (Å²) < 4.78 is 0. The SMILES string of the molecule is CC12C(=O)N(c3ccccc3)C(=O)C1CC1C(=CCC3C(=O)N(C4CCCCC4)C(=O)C31)C2c1ccc(O)cc1Cl. The molecule has 1 N–H and O–H groups in total. The van der Waals surface area contributed by atoms with Crippen molar-refractivity contribution in [3.63, 3.8) is 0 Å². The minimum absolute atomic E-state index is 0.00456. The molecular weight excluding hydrogens is 540 g/mol. The number of carbonyl (C=O) groups excluding carboxylic acids is 4. The van der Waals surface area contributed by atoms with E-state index in [1.807, 2.05) is 19.1 Å². The molecule has 3 aliphatic carbocycles. The molecule has 8 heteroatoms. The minimum atomic E-state index is -1.16. The molecule has 0 spiro atoms. The standard InChI is InChI=1S/C33H33ClN2O5/c1-33-25(30(39)36(32(33)41)19-10-6-3-7-11-19)17-24-21(28(33)22-13-12-20(37)16-26(22)34)14-15-23-27(24)31(40)35(29(23)38)18-8-4-2-5-9-18/h3,6-7,10-14,16,18,23-25,27-28,37H,2,4-5,8-9,15,17H2,1H3. The van der Waals surface area contributed by atoms with Crippen molar-refractivity contribution in [2.45, 2.75) is 63.8 Å². The van der Waals surface area contributed by atoms with E-state index in [9.17, 15) is 24.3 Å². The van der Waals surface area contributed by atoms with Crippen LogP contribution in [0.2, 0.25) is 5.02 Å². The van der Waals surface area contributed by atoms with Crippen LogP contribution in [0.15, 0.2) is 60.2 Å². The van der Waals surface area contributed by atoms with Gasteiger partial charge in [0.05, 0.1) is 28.9 Å². The van der Waals surface area contributed by atoms with E-state index in [0.29, 0.717) is 29.1 Å². The monoisotopic (exact) mass is 572 g/mol. The maximum atomic E-state index is 14.4. The summed E-state index contributed by atoms with van der Waals surface area (Å²) in [5.74, 6) is -3.44. The first kappa shape index (κ1) is 26.4. The van der Waals surface area contributed by atoms with E-state index in [-0.39, 0.29) is 41.3 Å². The smallest absolute Gasteiger partial charge is 0.241 e. The summed E-state index contributed by atoms with van der Waals surface area (Å²) in [5.41, 5.74) is 0.903. The number of rotatable bonds is 3. The van der Waals surface area contributed by atoms with Crippen LogP contribution < -0.4 is 4.90 Å². The zero-order valence-electron chi connectivity index (χ0n) is 23.0. The normalized spacial score (nSPS) is 33.5. The van der Waals surface area contributed by atoms with Gasteiger partial charge in [-0.2, -0.15) is 0 Å². The lowest BCUT2D eigenvalue weighted by Crippen LogP contribution is -2.49. The summed E-state index contributed by atoms with van der Waals surface area (Å²) in [7, 11) is 0. The van der Waals surface area contributed by atoms with E-state index < -0.39 is 29.1 Å². The zero-order valence-corrected chi connectivity index (χ0v) is 23.7. The fourth-order valence-corrected chi connectivity index (χ4v) is 8.94. The second kappa shape index (κ2) is 9.55. The highest BCUT2D eigenvalue weighted by molar-refractivity contribution is 6.32. The highest BCUT2D eigenvalue weighted by atomic mass is 35.5. The van der Waals surface area contributed by atoms with Crippen LogP contribution in [0.3, 0.4) is 0 Å². The highest BCUT2D eigenvalue weighted by Gasteiger charge is 2.68. The number of imide groups is 2. The third-order valence-electron chi connectivity index (χ3n) is 10.6. The predicted molar refractivity (Wildman–Crippen MR) is 153 cm³/mol. The minimum Gasteiger partial charge on any atom is -0.508 e. The van der Waals surface area contributed by atoms with Crippen LogP contribution in [0.5, 0.6) is 5.75 Å². The van der Waals surface area contributed by atoms with Crippen molar-refractivity contribution in [2.24, 2.45) is 29.1 Å². The lowest BCUT2D eigenvalue weighted by Gasteiger charge is -2.49. The van der Waals surface area contributed by atoms with Crippen LogP contribution >= 0.6 is 11.6 Å². The number of para-hydroxylation sites is 1. The number of anilines is 1. The highest BCUT2D eigenvalue weighted by Crippen LogP contribution is 2.64. The quantitative estimate of drug-likeness (QED) is 0.381. The topological polar surface area (TPSA) is 95.0 Å². The van der Waals surface area contributed by atoms with E-state index in [0.717, 1.165) is 37.7 Å². The molecule has 7 rings (SSSR count). The molecule has 6 atom stereocenters. The molecular formula is C33H33ClN2O5. The molecule has 7 nitrogen and oxygen atoms in total. The van der Waals surface area contributed by atoms with Gasteiger partial charge in [0.1, 0.15) is 5.75 Å². The van der Waals surface area contributed by atoms with E-state index in [1.165, 1.54) is 11.0 Å². The van der Waals surface area contributed by atoms with Crippen LogP contribution in [-0.2, 0) is 19.2 Å². The Labute approximate surface area is 244 Å². The largest absolute Gasteiger partial charge is 0.508 e. The van der Waals surface area contributed by atoms with Crippen LogP contribution in [0, 0.1) is 29.1 Å².